The van der Waals surface area contributed by atoms with Gasteiger partial charge in [-0.25, -0.2) is 14.6 Å². The van der Waals surface area contributed by atoms with Crippen molar-refractivity contribution in [3.8, 4) is 17.2 Å². The summed E-state index contributed by atoms with van der Waals surface area (Å²) < 4.78 is 67.4. The van der Waals surface area contributed by atoms with Crippen LogP contribution < -0.4 is 4.74 Å². The highest BCUT2D eigenvalue weighted by Gasteiger charge is 2.45. The van der Waals surface area contributed by atoms with Crippen molar-refractivity contribution in [1.29, 1.82) is 0 Å². The number of ether oxygens (including phenoxy) is 1. The fraction of sp³-hybridized carbons (Fsp3) is 0.120. The smallest absolute Gasteiger partial charge is 0.578 e. The first-order chi connectivity index (χ1) is 18.3. The molecule has 1 unspecified atom stereocenters. The number of alkyl halides is 3. The SMILES string of the molecule is [O-][S+](c1ccc(/C=C/c2nc(COc3ccc(-c4nc(Cn5ccnn5)co4)cc3)co2)cc1)C(F)(F)F. The molecule has 5 aromatic rings. The fourth-order valence-electron chi connectivity index (χ4n) is 3.32. The van der Waals surface area contributed by atoms with Crippen LogP contribution in [0.1, 0.15) is 22.8 Å². The molecule has 194 valence electrons. The molecule has 0 aliphatic rings. The van der Waals surface area contributed by atoms with Crippen molar-refractivity contribution < 1.29 is 31.3 Å². The predicted molar refractivity (Wildman–Crippen MR) is 130 cm³/mol. The molecule has 1 atom stereocenters. The van der Waals surface area contributed by atoms with Crippen LogP contribution in [0.25, 0.3) is 23.6 Å². The first kappa shape index (κ1) is 25.3. The maximum Gasteiger partial charge on any atom is 0.578 e. The largest absolute Gasteiger partial charge is 0.604 e. The molecular formula is C25H18F3N5O4S. The van der Waals surface area contributed by atoms with Crippen molar-refractivity contribution in [3.05, 3.63) is 96.3 Å². The Morgan fingerprint density at radius 3 is 2.42 bits per heavy atom. The van der Waals surface area contributed by atoms with E-state index >= 15 is 0 Å². The molecule has 2 aromatic carbocycles. The van der Waals surface area contributed by atoms with Gasteiger partial charge in [-0.05, 0) is 60.2 Å². The van der Waals surface area contributed by atoms with Gasteiger partial charge in [0, 0.05) is 17.8 Å². The van der Waals surface area contributed by atoms with Crippen LogP contribution in [0.5, 0.6) is 5.75 Å². The Hall–Kier alpha value is -4.36. The molecule has 38 heavy (non-hydrogen) atoms. The van der Waals surface area contributed by atoms with Crippen molar-refractivity contribution >= 4 is 23.3 Å². The van der Waals surface area contributed by atoms with Gasteiger partial charge in [0.15, 0.2) is 4.90 Å². The lowest BCUT2D eigenvalue weighted by Gasteiger charge is -2.11. The number of rotatable bonds is 9. The summed E-state index contributed by atoms with van der Waals surface area (Å²) in [6, 6.07) is 12.4. The molecule has 0 amide bonds. The Bertz CT molecular complexity index is 1500. The quantitative estimate of drug-likeness (QED) is 0.230. The van der Waals surface area contributed by atoms with E-state index in [2.05, 4.69) is 20.3 Å². The minimum absolute atomic E-state index is 0.162. The monoisotopic (exact) mass is 541 g/mol. The van der Waals surface area contributed by atoms with Crippen molar-refractivity contribution in [2.24, 2.45) is 0 Å². The van der Waals surface area contributed by atoms with Crippen LogP contribution in [0.2, 0.25) is 0 Å². The van der Waals surface area contributed by atoms with Gasteiger partial charge in [-0.15, -0.1) is 18.3 Å². The minimum atomic E-state index is -4.80. The van der Waals surface area contributed by atoms with E-state index in [0.29, 0.717) is 35.3 Å². The van der Waals surface area contributed by atoms with E-state index in [4.69, 9.17) is 13.6 Å². The first-order valence-electron chi connectivity index (χ1n) is 11.1. The number of nitrogens with zero attached hydrogens (tertiary/aromatic N) is 5. The van der Waals surface area contributed by atoms with Gasteiger partial charge in [0.2, 0.25) is 11.8 Å². The second-order valence-electron chi connectivity index (χ2n) is 7.85. The maximum atomic E-state index is 12.6. The van der Waals surface area contributed by atoms with Crippen LogP contribution in [-0.4, -0.2) is 35.0 Å². The Balaban J connectivity index is 1.13. The molecule has 13 heteroatoms. The lowest BCUT2D eigenvalue weighted by molar-refractivity contribution is -0.0435. The molecule has 0 radical (unpaired) electrons. The Morgan fingerprint density at radius 2 is 1.71 bits per heavy atom. The third-order valence-corrected chi connectivity index (χ3v) is 6.25. The second kappa shape index (κ2) is 10.9. The van der Waals surface area contributed by atoms with Crippen LogP contribution in [0.15, 0.2) is 87.2 Å². The van der Waals surface area contributed by atoms with Gasteiger partial charge < -0.3 is 18.1 Å². The lowest BCUT2D eigenvalue weighted by atomic mass is 10.2. The zero-order valence-electron chi connectivity index (χ0n) is 19.4. The highest BCUT2D eigenvalue weighted by Crippen LogP contribution is 2.30. The summed E-state index contributed by atoms with van der Waals surface area (Å²) >= 11 is -3.06. The topological polar surface area (TPSA) is 115 Å². The average Bonchev–Trinajstić information content (AvgIpc) is 3.69. The molecule has 5 rings (SSSR count). The third kappa shape index (κ3) is 6.30. The van der Waals surface area contributed by atoms with E-state index in [0.717, 1.165) is 11.3 Å². The van der Waals surface area contributed by atoms with Crippen LogP contribution in [-0.2, 0) is 24.3 Å². The normalized spacial score (nSPS) is 12.7. The molecule has 0 spiro atoms. The highest BCUT2D eigenvalue weighted by atomic mass is 32.2. The molecule has 0 fully saturated rings. The minimum Gasteiger partial charge on any atom is -0.604 e. The van der Waals surface area contributed by atoms with Crippen molar-refractivity contribution in [3.63, 3.8) is 0 Å². The molecule has 0 saturated carbocycles. The average molecular weight is 542 g/mol. The Morgan fingerprint density at radius 1 is 0.947 bits per heavy atom. The number of oxazole rings is 2. The second-order valence-corrected chi connectivity index (χ2v) is 9.32. The predicted octanol–water partition coefficient (Wildman–Crippen LogP) is 5.35. The van der Waals surface area contributed by atoms with E-state index in [1.807, 2.05) is 12.1 Å². The summed E-state index contributed by atoms with van der Waals surface area (Å²) in [7, 11) is 0. The molecule has 0 saturated heterocycles. The molecule has 3 aromatic heterocycles. The number of halogens is 3. The highest BCUT2D eigenvalue weighted by molar-refractivity contribution is 7.92. The Kier molecular flexibility index (Phi) is 7.29. The summed E-state index contributed by atoms with van der Waals surface area (Å²) in [5, 5.41) is 7.66. The summed E-state index contributed by atoms with van der Waals surface area (Å²) in [6.45, 7) is 0.617. The zero-order valence-corrected chi connectivity index (χ0v) is 20.2. The summed E-state index contributed by atoms with van der Waals surface area (Å²) in [5.41, 5.74) is -2.14. The van der Waals surface area contributed by atoms with Crippen LogP contribution in [0.3, 0.4) is 0 Å². The van der Waals surface area contributed by atoms with E-state index in [1.165, 1.54) is 30.5 Å². The van der Waals surface area contributed by atoms with Gasteiger partial charge in [-0.1, -0.05) is 5.21 Å². The molecule has 0 aliphatic carbocycles. The van der Waals surface area contributed by atoms with Crippen LogP contribution in [0, 0.1) is 0 Å². The molecule has 3 heterocycles. The number of aromatic nitrogens is 5. The van der Waals surface area contributed by atoms with Gasteiger partial charge in [0.1, 0.15) is 36.3 Å². The van der Waals surface area contributed by atoms with Gasteiger partial charge in [0.25, 0.3) is 0 Å². The summed E-state index contributed by atoms with van der Waals surface area (Å²) in [6.07, 6.45) is 9.55. The van der Waals surface area contributed by atoms with Crippen molar-refractivity contribution in [2.75, 3.05) is 0 Å². The van der Waals surface area contributed by atoms with Crippen molar-refractivity contribution in [2.45, 2.75) is 23.6 Å². The van der Waals surface area contributed by atoms with Gasteiger partial charge in [0.05, 0.1) is 23.9 Å². The molecular weight excluding hydrogens is 523 g/mol. The third-order valence-electron chi connectivity index (χ3n) is 5.13. The molecule has 0 bridgehead atoms. The number of hydrogen-bond donors (Lipinski definition) is 0. The summed E-state index contributed by atoms with van der Waals surface area (Å²) in [4.78, 5) is 8.45. The van der Waals surface area contributed by atoms with Crippen molar-refractivity contribution in [1.82, 2.24) is 25.0 Å². The van der Waals surface area contributed by atoms with Crippen LogP contribution >= 0.6 is 0 Å². The van der Waals surface area contributed by atoms with Gasteiger partial charge in [-0.3, -0.25) is 0 Å². The zero-order chi connectivity index (χ0) is 26.5. The Labute approximate surface area is 216 Å². The molecule has 9 nitrogen and oxygen atoms in total. The number of benzene rings is 2. The fourth-order valence-corrected chi connectivity index (χ4v) is 3.97. The first-order valence-corrected chi connectivity index (χ1v) is 12.2. The van der Waals surface area contributed by atoms with Gasteiger partial charge in [-0.2, -0.15) is 0 Å². The lowest BCUT2D eigenvalue weighted by Crippen LogP contribution is -2.23. The maximum absolute atomic E-state index is 12.6. The van der Waals surface area contributed by atoms with Crippen LogP contribution in [0.4, 0.5) is 13.2 Å². The number of hydrogen-bond acceptors (Lipinski definition) is 8. The molecule has 0 N–H and O–H groups in total. The van der Waals surface area contributed by atoms with E-state index in [9.17, 15) is 17.7 Å². The van der Waals surface area contributed by atoms with E-state index in [1.54, 1.807) is 47.6 Å². The van der Waals surface area contributed by atoms with Gasteiger partial charge >= 0.3 is 5.51 Å². The molecule has 0 aliphatic heterocycles. The summed E-state index contributed by atoms with van der Waals surface area (Å²) in [5.74, 6) is 1.38. The van der Waals surface area contributed by atoms with E-state index < -0.39 is 16.7 Å². The van der Waals surface area contributed by atoms with E-state index in [-0.39, 0.29) is 11.5 Å². The standard InChI is InChI=1S/C25H18F3N5O4S/c26-25(27,28)38(34)22-8-1-17(2-9-22)3-10-23-30-20(16-36-23)15-35-21-6-4-18(5-7-21)24-31-19(14-37-24)13-33-12-11-29-32-33/h1-12,14,16H,13,15H2/b10-3+.